The number of para-hydroxylation sites is 2. The van der Waals surface area contributed by atoms with Gasteiger partial charge < -0.3 is 9.47 Å². The van der Waals surface area contributed by atoms with Crippen molar-refractivity contribution in [3.8, 4) is 5.75 Å². The molecule has 0 unspecified atom stereocenters. The third kappa shape index (κ3) is 5.17. The van der Waals surface area contributed by atoms with Crippen molar-refractivity contribution < 1.29 is 22.7 Å². The number of hydrogen-bond donors (Lipinski definition) is 0. The van der Waals surface area contributed by atoms with Crippen LogP contribution < -0.4 is 9.04 Å². The molecule has 0 aromatic heterocycles. The normalized spacial score (nSPS) is 11.1. The average Bonchev–Trinajstić information content (AvgIpc) is 2.67. The second-order valence-corrected chi connectivity index (χ2v) is 8.13. The van der Waals surface area contributed by atoms with E-state index in [2.05, 4.69) is 0 Å². The van der Waals surface area contributed by atoms with Gasteiger partial charge >= 0.3 is 5.97 Å². The second kappa shape index (κ2) is 9.66. The summed E-state index contributed by atoms with van der Waals surface area (Å²) >= 11 is 1.52. The monoisotopic (exact) mass is 409 g/mol. The molecule has 6 nitrogen and oxygen atoms in total. The number of rotatable bonds is 9. The maximum Gasteiger partial charge on any atom is 0.326 e. The van der Waals surface area contributed by atoms with Crippen molar-refractivity contribution in [1.82, 2.24) is 0 Å². The molecule has 0 radical (unpaired) electrons. The van der Waals surface area contributed by atoms with E-state index in [0.717, 1.165) is 9.20 Å². The summed E-state index contributed by atoms with van der Waals surface area (Å²) in [6.07, 6.45) is 1.91. The maximum absolute atomic E-state index is 13.3. The largest absolute Gasteiger partial charge is 0.492 e. The number of carbonyl (C=O) groups is 1. The standard InChI is InChI=1S/C19H23NO5S2/c1-4-24-18-9-7-6-8-17(18)20(14-19(21)25-5-2)27(22,23)16-12-10-15(26-3)11-13-16/h6-13H,4-5,14H2,1-3H3. The minimum Gasteiger partial charge on any atom is -0.492 e. The number of nitrogens with zero attached hydrogens (tertiary/aromatic N) is 1. The van der Waals surface area contributed by atoms with Crippen LogP contribution >= 0.6 is 11.8 Å². The highest BCUT2D eigenvalue weighted by Crippen LogP contribution is 2.33. The van der Waals surface area contributed by atoms with Gasteiger partial charge in [0.2, 0.25) is 0 Å². The lowest BCUT2D eigenvalue weighted by Gasteiger charge is -2.25. The Labute approximate surface area is 164 Å². The average molecular weight is 410 g/mol. The number of carbonyl (C=O) groups excluding carboxylic acids is 1. The minimum atomic E-state index is -3.99. The Morgan fingerprint density at radius 2 is 1.70 bits per heavy atom. The first kappa shape index (κ1) is 21.1. The summed E-state index contributed by atoms with van der Waals surface area (Å²) in [6.45, 7) is 3.58. The van der Waals surface area contributed by atoms with Crippen LogP contribution in [0.4, 0.5) is 5.69 Å². The molecule has 0 aliphatic heterocycles. The number of hydrogen-bond acceptors (Lipinski definition) is 6. The summed E-state index contributed by atoms with van der Waals surface area (Å²) < 4.78 is 38.1. The van der Waals surface area contributed by atoms with E-state index >= 15 is 0 Å². The van der Waals surface area contributed by atoms with Crippen LogP contribution in [0.25, 0.3) is 0 Å². The third-order valence-electron chi connectivity index (χ3n) is 3.66. The van der Waals surface area contributed by atoms with Crippen LogP contribution in [0.2, 0.25) is 0 Å². The Balaban J connectivity index is 2.52. The Hall–Kier alpha value is -2.19. The molecule has 0 aliphatic carbocycles. The Morgan fingerprint density at radius 3 is 2.30 bits per heavy atom. The maximum atomic E-state index is 13.3. The number of thioether (sulfide) groups is 1. The quantitative estimate of drug-likeness (QED) is 0.466. The van der Waals surface area contributed by atoms with Crippen LogP contribution in [0.15, 0.2) is 58.3 Å². The molecule has 0 fully saturated rings. The first-order valence-corrected chi connectivity index (χ1v) is 11.1. The Morgan fingerprint density at radius 1 is 1.04 bits per heavy atom. The fourth-order valence-electron chi connectivity index (χ4n) is 2.44. The van der Waals surface area contributed by atoms with Crippen LogP contribution in [-0.4, -0.2) is 40.4 Å². The molecule has 2 aromatic carbocycles. The second-order valence-electron chi connectivity index (χ2n) is 5.39. The summed E-state index contributed by atoms with van der Waals surface area (Å²) in [7, 11) is -3.99. The van der Waals surface area contributed by atoms with Gasteiger partial charge in [0.25, 0.3) is 10.0 Å². The summed E-state index contributed by atoms with van der Waals surface area (Å²) in [5, 5.41) is 0. The zero-order valence-electron chi connectivity index (χ0n) is 15.5. The number of esters is 1. The molecule has 0 atom stereocenters. The lowest BCUT2D eigenvalue weighted by Crippen LogP contribution is -2.37. The van der Waals surface area contributed by atoms with Crippen molar-refractivity contribution in [1.29, 1.82) is 0 Å². The highest BCUT2D eigenvalue weighted by molar-refractivity contribution is 7.98. The summed E-state index contributed by atoms with van der Waals surface area (Å²) in [5.74, 6) is -0.248. The Bertz CT molecular complexity index is 866. The Kier molecular flexibility index (Phi) is 7.55. The molecule has 0 heterocycles. The van der Waals surface area contributed by atoms with Crippen LogP contribution in [0.1, 0.15) is 13.8 Å². The van der Waals surface area contributed by atoms with E-state index in [1.165, 1.54) is 23.9 Å². The molecule has 0 aliphatic rings. The first-order valence-electron chi connectivity index (χ1n) is 8.48. The van der Waals surface area contributed by atoms with Gasteiger partial charge in [0.15, 0.2) is 0 Å². The van der Waals surface area contributed by atoms with Gasteiger partial charge in [-0.2, -0.15) is 0 Å². The first-order chi connectivity index (χ1) is 12.9. The molecule has 2 rings (SSSR count). The van der Waals surface area contributed by atoms with E-state index in [4.69, 9.17) is 9.47 Å². The smallest absolute Gasteiger partial charge is 0.326 e. The molecule has 2 aromatic rings. The molecular weight excluding hydrogens is 386 g/mol. The summed E-state index contributed by atoms with van der Waals surface area (Å²) in [4.78, 5) is 13.1. The third-order valence-corrected chi connectivity index (χ3v) is 6.18. The number of benzene rings is 2. The van der Waals surface area contributed by atoms with E-state index < -0.39 is 22.5 Å². The van der Waals surface area contributed by atoms with Gasteiger partial charge in [0, 0.05) is 4.90 Å². The fourth-order valence-corrected chi connectivity index (χ4v) is 4.27. The van der Waals surface area contributed by atoms with Crippen LogP contribution in [-0.2, 0) is 19.6 Å². The van der Waals surface area contributed by atoms with Gasteiger partial charge in [-0.25, -0.2) is 8.42 Å². The van der Waals surface area contributed by atoms with Crippen molar-refractivity contribution in [3.05, 3.63) is 48.5 Å². The van der Waals surface area contributed by atoms with Crippen LogP contribution in [0, 0.1) is 0 Å². The van der Waals surface area contributed by atoms with E-state index in [1.54, 1.807) is 43.3 Å². The van der Waals surface area contributed by atoms with Gasteiger partial charge in [-0.1, -0.05) is 12.1 Å². The van der Waals surface area contributed by atoms with Crippen LogP contribution in [0.5, 0.6) is 5.75 Å². The molecule has 8 heteroatoms. The molecule has 0 amide bonds. The number of sulfonamides is 1. The lowest BCUT2D eigenvalue weighted by atomic mass is 10.3. The molecule has 0 spiro atoms. The SMILES string of the molecule is CCOC(=O)CN(c1ccccc1OCC)S(=O)(=O)c1ccc(SC)cc1. The molecular formula is C19H23NO5S2. The summed E-state index contributed by atoms with van der Waals surface area (Å²) in [5.41, 5.74) is 0.293. The molecule has 0 saturated heterocycles. The van der Waals surface area contributed by atoms with E-state index in [0.29, 0.717) is 18.0 Å². The van der Waals surface area contributed by atoms with E-state index in [-0.39, 0.29) is 11.5 Å². The van der Waals surface area contributed by atoms with Crippen molar-refractivity contribution in [2.45, 2.75) is 23.6 Å². The van der Waals surface area contributed by atoms with Gasteiger partial charge in [-0.05, 0) is 56.5 Å². The molecule has 146 valence electrons. The van der Waals surface area contributed by atoms with Crippen molar-refractivity contribution in [2.75, 3.05) is 30.3 Å². The highest BCUT2D eigenvalue weighted by atomic mass is 32.2. The van der Waals surface area contributed by atoms with Crippen molar-refractivity contribution in [3.63, 3.8) is 0 Å². The topological polar surface area (TPSA) is 72.9 Å². The molecule has 27 heavy (non-hydrogen) atoms. The van der Waals surface area contributed by atoms with E-state index in [9.17, 15) is 13.2 Å². The predicted octanol–water partition coefficient (Wildman–Crippen LogP) is 3.57. The van der Waals surface area contributed by atoms with Gasteiger partial charge in [0.05, 0.1) is 23.8 Å². The molecule has 0 N–H and O–H groups in total. The number of ether oxygens (including phenoxy) is 2. The summed E-state index contributed by atoms with van der Waals surface area (Å²) in [6, 6.07) is 13.2. The van der Waals surface area contributed by atoms with Gasteiger partial charge in [-0.3, -0.25) is 9.10 Å². The lowest BCUT2D eigenvalue weighted by molar-refractivity contribution is -0.141. The van der Waals surface area contributed by atoms with Gasteiger partial charge in [-0.15, -0.1) is 11.8 Å². The highest BCUT2D eigenvalue weighted by Gasteiger charge is 2.29. The minimum absolute atomic E-state index is 0.0934. The predicted molar refractivity (Wildman–Crippen MR) is 107 cm³/mol. The molecule has 0 saturated carbocycles. The van der Waals surface area contributed by atoms with Gasteiger partial charge in [0.1, 0.15) is 12.3 Å². The molecule has 0 bridgehead atoms. The fraction of sp³-hybridized carbons (Fsp3) is 0.316. The van der Waals surface area contributed by atoms with Crippen molar-refractivity contribution in [2.24, 2.45) is 0 Å². The zero-order chi connectivity index (χ0) is 19.9. The zero-order valence-corrected chi connectivity index (χ0v) is 17.2. The van der Waals surface area contributed by atoms with Crippen LogP contribution in [0.3, 0.4) is 0 Å². The van der Waals surface area contributed by atoms with Crippen molar-refractivity contribution >= 4 is 33.4 Å². The number of anilines is 1. The van der Waals surface area contributed by atoms with E-state index in [1.807, 2.05) is 13.2 Å².